The molecule has 1 heterocycles. The first-order valence-corrected chi connectivity index (χ1v) is 5.79. The number of aryl methyl sites for hydroxylation is 2. The van der Waals surface area contributed by atoms with Crippen LogP contribution in [0, 0.1) is 6.92 Å². The molecule has 0 saturated heterocycles. The van der Waals surface area contributed by atoms with Crippen LogP contribution in [0.4, 0.5) is 0 Å². The summed E-state index contributed by atoms with van der Waals surface area (Å²) < 4.78 is 2.19. The average Bonchev–Trinajstić information content (AvgIpc) is 2.75. The molecule has 1 aromatic carbocycles. The molecule has 0 aliphatic heterocycles. The highest BCUT2D eigenvalue weighted by molar-refractivity contribution is 5.81. The third-order valence-electron chi connectivity index (χ3n) is 3.63. The molecule has 0 radical (unpaired) electrons. The molecule has 1 aliphatic rings. The highest BCUT2D eigenvalue weighted by atomic mass is 16.1. The van der Waals surface area contributed by atoms with Gasteiger partial charge in [-0.2, -0.15) is 0 Å². The lowest BCUT2D eigenvalue weighted by molar-refractivity contribution is 0.831. The first-order valence-electron chi connectivity index (χ1n) is 5.79. The molecule has 16 heavy (non-hydrogen) atoms. The van der Waals surface area contributed by atoms with E-state index in [1.54, 1.807) is 0 Å². The van der Waals surface area contributed by atoms with Gasteiger partial charge in [0.25, 0.3) is 0 Å². The van der Waals surface area contributed by atoms with E-state index in [1.165, 1.54) is 5.69 Å². The molecule has 1 aromatic heterocycles. The molecule has 2 nitrogen and oxygen atoms in total. The quantitative estimate of drug-likeness (QED) is 0.658. The fourth-order valence-electron chi connectivity index (χ4n) is 2.77. The molecule has 0 unspecified atom stereocenters. The lowest BCUT2D eigenvalue weighted by Gasteiger charge is -2.12. The van der Waals surface area contributed by atoms with Crippen LogP contribution in [0.2, 0.25) is 0 Å². The normalized spacial score (nSPS) is 14.4. The summed E-state index contributed by atoms with van der Waals surface area (Å²) in [6.07, 6.45) is 3.12. The second-order valence-electron chi connectivity index (χ2n) is 4.69. The van der Waals surface area contributed by atoms with Crippen LogP contribution in [0.3, 0.4) is 0 Å². The van der Waals surface area contributed by atoms with Crippen LogP contribution in [-0.4, -0.2) is 4.57 Å². The second-order valence-corrected chi connectivity index (χ2v) is 4.69. The maximum Gasteiger partial charge on any atom is 0.192 e. The molecule has 0 saturated carbocycles. The van der Waals surface area contributed by atoms with Crippen molar-refractivity contribution >= 4 is 10.9 Å². The van der Waals surface area contributed by atoms with Crippen LogP contribution in [0.15, 0.2) is 23.0 Å². The van der Waals surface area contributed by atoms with Gasteiger partial charge in [0.1, 0.15) is 0 Å². The number of benzene rings is 1. The van der Waals surface area contributed by atoms with Crippen LogP contribution >= 0.6 is 0 Å². The number of pyridine rings is 1. The molecule has 0 atom stereocenters. The Morgan fingerprint density at radius 1 is 1.25 bits per heavy atom. The van der Waals surface area contributed by atoms with Gasteiger partial charge in [-0.1, -0.05) is 11.6 Å². The summed E-state index contributed by atoms with van der Waals surface area (Å²) in [6.45, 7) is 2.03. The van der Waals surface area contributed by atoms with E-state index in [9.17, 15) is 4.79 Å². The Balaban J connectivity index is 2.54. The fourth-order valence-corrected chi connectivity index (χ4v) is 2.77. The molecule has 0 spiro atoms. The summed E-state index contributed by atoms with van der Waals surface area (Å²) in [5.41, 5.74) is 4.75. The molecular formula is C14H15NO. The van der Waals surface area contributed by atoms with Crippen molar-refractivity contribution in [2.45, 2.75) is 26.2 Å². The van der Waals surface area contributed by atoms with Gasteiger partial charge in [0, 0.05) is 23.7 Å². The Morgan fingerprint density at radius 3 is 2.88 bits per heavy atom. The maximum absolute atomic E-state index is 12.3. The average molecular weight is 213 g/mol. The first-order chi connectivity index (χ1) is 7.68. The number of hydrogen-bond donors (Lipinski definition) is 0. The number of fused-ring (bicyclic) bond motifs is 2. The Labute approximate surface area is 94.5 Å². The van der Waals surface area contributed by atoms with Crippen LogP contribution in [0.25, 0.3) is 10.9 Å². The van der Waals surface area contributed by atoms with E-state index >= 15 is 0 Å². The van der Waals surface area contributed by atoms with Crippen molar-refractivity contribution in [3.63, 3.8) is 0 Å². The third-order valence-corrected chi connectivity index (χ3v) is 3.63. The monoisotopic (exact) mass is 213 g/mol. The van der Waals surface area contributed by atoms with E-state index in [2.05, 4.69) is 23.7 Å². The topological polar surface area (TPSA) is 22.0 Å². The molecule has 82 valence electrons. The Morgan fingerprint density at radius 2 is 2.06 bits per heavy atom. The second kappa shape index (κ2) is 3.21. The molecular weight excluding hydrogens is 198 g/mol. The van der Waals surface area contributed by atoms with Gasteiger partial charge < -0.3 is 4.57 Å². The minimum absolute atomic E-state index is 0.254. The highest BCUT2D eigenvalue weighted by Crippen LogP contribution is 2.23. The van der Waals surface area contributed by atoms with E-state index in [0.29, 0.717) is 0 Å². The van der Waals surface area contributed by atoms with Gasteiger partial charge in [-0.15, -0.1) is 0 Å². The van der Waals surface area contributed by atoms with Crippen LogP contribution in [0.5, 0.6) is 0 Å². The minimum Gasteiger partial charge on any atom is -0.347 e. The summed E-state index contributed by atoms with van der Waals surface area (Å²) >= 11 is 0. The SMILES string of the molecule is Cc1ccc2c(c1)c(=O)c1c(n2C)CCC1. The van der Waals surface area contributed by atoms with Gasteiger partial charge in [-0.05, 0) is 38.3 Å². The van der Waals surface area contributed by atoms with Gasteiger partial charge in [0.15, 0.2) is 5.43 Å². The molecule has 0 fully saturated rings. The van der Waals surface area contributed by atoms with Crippen molar-refractivity contribution in [1.29, 1.82) is 0 Å². The van der Waals surface area contributed by atoms with E-state index in [4.69, 9.17) is 0 Å². The molecule has 1 aliphatic carbocycles. The van der Waals surface area contributed by atoms with Gasteiger partial charge in [-0.3, -0.25) is 4.79 Å². The first kappa shape index (κ1) is 9.64. The number of rotatable bonds is 0. The van der Waals surface area contributed by atoms with Gasteiger partial charge in [0.2, 0.25) is 0 Å². The van der Waals surface area contributed by atoms with Crippen molar-refractivity contribution in [2.24, 2.45) is 7.05 Å². The lowest BCUT2D eigenvalue weighted by atomic mass is 10.1. The van der Waals surface area contributed by atoms with E-state index in [1.807, 2.05) is 13.0 Å². The molecule has 0 N–H and O–H groups in total. The summed E-state index contributed by atoms with van der Waals surface area (Å²) in [7, 11) is 2.07. The minimum atomic E-state index is 0.254. The summed E-state index contributed by atoms with van der Waals surface area (Å²) in [6, 6.07) is 6.14. The number of aromatic nitrogens is 1. The zero-order chi connectivity index (χ0) is 11.3. The van der Waals surface area contributed by atoms with Gasteiger partial charge in [0.05, 0.1) is 5.52 Å². The number of nitrogens with zero attached hydrogens (tertiary/aromatic N) is 1. The van der Waals surface area contributed by atoms with Gasteiger partial charge in [-0.25, -0.2) is 0 Å². The zero-order valence-corrected chi connectivity index (χ0v) is 9.71. The molecule has 0 bridgehead atoms. The van der Waals surface area contributed by atoms with E-state index < -0.39 is 0 Å². The molecule has 0 amide bonds. The van der Waals surface area contributed by atoms with Gasteiger partial charge >= 0.3 is 0 Å². The Kier molecular flexibility index (Phi) is 1.93. The Bertz CT molecular complexity index is 637. The van der Waals surface area contributed by atoms with Crippen molar-refractivity contribution in [3.05, 3.63) is 45.2 Å². The van der Waals surface area contributed by atoms with Crippen molar-refractivity contribution in [2.75, 3.05) is 0 Å². The largest absolute Gasteiger partial charge is 0.347 e. The predicted molar refractivity (Wildman–Crippen MR) is 66.0 cm³/mol. The molecule has 2 aromatic rings. The highest BCUT2D eigenvalue weighted by Gasteiger charge is 2.19. The van der Waals surface area contributed by atoms with Crippen LogP contribution < -0.4 is 5.43 Å². The zero-order valence-electron chi connectivity index (χ0n) is 9.71. The van der Waals surface area contributed by atoms with E-state index in [-0.39, 0.29) is 5.43 Å². The fraction of sp³-hybridized carbons (Fsp3) is 0.357. The Hall–Kier alpha value is -1.57. The smallest absolute Gasteiger partial charge is 0.192 e. The maximum atomic E-state index is 12.3. The third kappa shape index (κ3) is 1.16. The summed E-state index contributed by atoms with van der Waals surface area (Å²) in [5, 5.41) is 0.878. The van der Waals surface area contributed by atoms with Crippen molar-refractivity contribution < 1.29 is 0 Å². The van der Waals surface area contributed by atoms with Crippen LogP contribution in [-0.2, 0) is 19.9 Å². The van der Waals surface area contributed by atoms with Crippen molar-refractivity contribution in [3.8, 4) is 0 Å². The predicted octanol–water partition coefficient (Wildman–Crippen LogP) is 2.34. The van der Waals surface area contributed by atoms with Crippen LogP contribution in [0.1, 0.15) is 23.2 Å². The number of hydrogen-bond acceptors (Lipinski definition) is 1. The lowest BCUT2D eigenvalue weighted by Crippen LogP contribution is -2.15. The summed E-state index contributed by atoms with van der Waals surface area (Å²) in [4.78, 5) is 12.3. The molecule has 3 rings (SSSR count). The summed E-state index contributed by atoms with van der Waals surface area (Å²) in [5.74, 6) is 0. The van der Waals surface area contributed by atoms with Crippen molar-refractivity contribution in [1.82, 2.24) is 4.57 Å². The van der Waals surface area contributed by atoms with E-state index in [0.717, 1.165) is 41.3 Å². The molecule has 2 heteroatoms. The standard InChI is InChI=1S/C14H15NO/c1-9-6-7-13-11(8-9)14(16)10-4-3-5-12(10)15(13)2/h6-8H,3-5H2,1-2H3.